The highest BCUT2D eigenvalue weighted by Crippen LogP contribution is 2.47. The van der Waals surface area contributed by atoms with Gasteiger partial charge in [-0.3, -0.25) is 0 Å². The van der Waals surface area contributed by atoms with Gasteiger partial charge in [-0.25, -0.2) is 0 Å². The van der Waals surface area contributed by atoms with Gasteiger partial charge in [-0.15, -0.1) is 0 Å². The van der Waals surface area contributed by atoms with E-state index in [4.69, 9.17) is 0 Å². The molecule has 0 nitrogen and oxygen atoms in total. The standard InChI is InChI=1S/C45H53P/c1-28(2)34-21-15-22-35(29(3)4)43(34)39-25-17-26-40(44-36(30(5)6)23-16-24-37(44)31(7)8)45(39)46(11)41-27-13-12-20-38(41)42-32(9)18-14-19-33(42)10/h12-31H,1-11H3. The van der Waals surface area contributed by atoms with Crippen LogP contribution in [-0.2, 0) is 0 Å². The summed E-state index contributed by atoms with van der Waals surface area (Å²) in [5, 5.41) is 2.95. The van der Waals surface area contributed by atoms with Crippen molar-refractivity contribution in [1.29, 1.82) is 0 Å². The summed E-state index contributed by atoms with van der Waals surface area (Å²) in [4.78, 5) is 0. The van der Waals surface area contributed by atoms with E-state index in [9.17, 15) is 0 Å². The quantitative estimate of drug-likeness (QED) is 0.143. The number of hydrogen-bond donors (Lipinski definition) is 0. The highest BCUT2D eigenvalue weighted by Gasteiger charge is 2.28. The number of rotatable bonds is 9. The predicted molar refractivity (Wildman–Crippen MR) is 207 cm³/mol. The van der Waals surface area contributed by atoms with E-state index in [0.717, 1.165) is 0 Å². The zero-order valence-corrected chi connectivity index (χ0v) is 30.9. The first-order chi connectivity index (χ1) is 21.9. The molecule has 1 atom stereocenters. The molecule has 0 bridgehead atoms. The van der Waals surface area contributed by atoms with Crippen LogP contribution in [0.1, 0.15) is 112 Å². The van der Waals surface area contributed by atoms with Crippen LogP contribution in [0.3, 0.4) is 0 Å². The Morgan fingerprint density at radius 3 is 1.15 bits per heavy atom. The largest absolute Gasteiger partial charge is 0.0617 e. The molecule has 0 spiro atoms. The summed E-state index contributed by atoms with van der Waals surface area (Å²) in [5.74, 6) is 1.68. The molecule has 0 amide bonds. The van der Waals surface area contributed by atoms with E-state index in [1.807, 2.05) is 0 Å². The molecule has 0 aliphatic heterocycles. The first-order valence-corrected chi connectivity index (χ1v) is 19.0. The molecule has 0 radical (unpaired) electrons. The van der Waals surface area contributed by atoms with Crippen LogP contribution in [0, 0.1) is 13.8 Å². The Balaban J connectivity index is 1.96. The summed E-state index contributed by atoms with van der Waals surface area (Å²) in [5.41, 5.74) is 16.9. The second kappa shape index (κ2) is 14.1. The average molecular weight is 625 g/mol. The molecular formula is C45H53P. The summed E-state index contributed by atoms with van der Waals surface area (Å²) < 4.78 is 0. The highest BCUT2D eigenvalue weighted by molar-refractivity contribution is 7.73. The van der Waals surface area contributed by atoms with Crippen LogP contribution in [-0.4, -0.2) is 6.66 Å². The molecule has 46 heavy (non-hydrogen) atoms. The van der Waals surface area contributed by atoms with Gasteiger partial charge in [-0.2, -0.15) is 0 Å². The monoisotopic (exact) mass is 624 g/mol. The van der Waals surface area contributed by atoms with Gasteiger partial charge < -0.3 is 0 Å². The fourth-order valence-electron chi connectivity index (χ4n) is 7.37. The third kappa shape index (κ3) is 6.39. The molecular weight excluding hydrogens is 571 g/mol. The number of aryl methyl sites for hydroxylation is 2. The van der Waals surface area contributed by atoms with Crippen molar-refractivity contribution in [3.63, 3.8) is 0 Å². The maximum atomic E-state index is 2.52. The maximum absolute atomic E-state index is 2.52. The van der Waals surface area contributed by atoms with Crippen molar-refractivity contribution in [2.75, 3.05) is 6.66 Å². The summed E-state index contributed by atoms with van der Waals surface area (Å²) in [6.45, 7) is 25.8. The van der Waals surface area contributed by atoms with Crippen molar-refractivity contribution in [2.24, 2.45) is 0 Å². The zero-order valence-electron chi connectivity index (χ0n) is 30.0. The summed E-state index contributed by atoms with van der Waals surface area (Å²) in [6, 6.07) is 37.1. The molecule has 0 aliphatic carbocycles. The third-order valence-electron chi connectivity index (χ3n) is 9.67. The van der Waals surface area contributed by atoms with Crippen molar-refractivity contribution in [1.82, 2.24) is 0 Å². The summed E-state index contributed by atoms with van der Waals surface area (Å²) >= 11 is 0. The summed E-state index contributed by atoms with van der Waals surface area (Å²) in [6.07, 6.45) is 0. The molecule has 0 saturated heterocycles. The van der Waals surface area contributed by atoms with Gasteiger partial charge in [0, 0.05) is 0 Å². The first kappa shape index (κ1) is 33.9. The lowest BCUT2D eigenvalue weighted by Crippen LogP contribution is -2.20. The molecule has 0 saturated carbocycles. The fourth-order valence-corrected chi connectivity index (χ4v) is 9.56. The number of benzene rings is 5. The van der Waals surface area contributed by atoms with Crippen LogP contribution in [0.15, 0.2) is 97.1 Å². The second-order valence-corrected chi connectivity index (χ2v) is 16.3. The predicted octanol–water partition coefficient (Wildman–Crippen LogP) is 12.9. The molecule has 0 N–H and O–H groups in total. The van der Waals surface area contributed by atoms with Crippen LogP contribution < -0.4 is 10.6 Å². The van der Waals surface area contributed by atoms with Crippen LogP contribution >= 0.6 is 7.92 Å². The van der Waals surface area contributed by atoms with E-state index in [0.29, 0.717) is 23.7 Å². The molecule has 5 rings (SSSR count). The Bertz CT molecular complexity index is 1680. The van der Waals surface area contributed by atoms with Crippen molar-refractivity contribution in [3.05, 3.63) is 130 Å². The lowest BCUT2D eigenvalue weighted by atomic mass is 9.82. The van der Waals surface area contributed by atoms with Crippen LogP contribution in [0.4, 0.5) is 0 Å². The Kier molecular flexibility index (Phi) is 10.4. The number of hydrogen-bond acceptors (Lipinski definition) is 0. The van der Waals surface area contributed by atoms with Gasteiger partial charge in [-0.1, -0.05) is 152 Å². The third-order valence-corrected chi connectivity index (χ3v) is 11.9. The average Bonchev–Trinajstić information content (AvgIpc) is 3.03. The Morgan fingerprint density at radius 2 is 0.739 bits per heavy atom. The lowest BCUT2D eigenvalue weighted by molar-refractivity contribution is 0.837. The molecule has 5 aromatic carbocycles. The van der Waals surface area contributed by atoms with Gasteiger partial charge in [-0.05, 0) is 129 Å². The van der Waals surface area contributed by atoms with Gasteiger partial charge in [0.05, 0.1) is 0 Å². The van der Waals surface area contributed by atoms with Gasteiger partial charge >= 0.3 is 0 Å². The fraction of sp³-hybridized carbons (Fsp3) is 0.333. The van der Waals surface area contributed by atoms with Gasteiger partial charge in [0.15, 0.2) is 0 Å². The molecule has 1 unspecified atom stereocenters. The molecule has 238 valence electrons. The van der Waals surface area contributed by atoms with Gasteiger partial charge in [0.2, 0.25) is 0 Å². The van der Waals surface area contributed by atoms with Gasteiger partial charge in [0.25, 0.3) is 0 Å². The maximum Gasteiger partial charge on any atom is -0.00411 e. The molecule has 1 heteroatoms. The zero-order chi connectivity index (χ0) is 33.3. The van der Waals surface area contributed by atoms with Crippen LogP contribution in [0.5, 0.6) is 0 Å². The Hall–Kier alpha value is -3.47. The molecule has 0 aromatic heterocycles. The molecule has 0 aliphatic rings. The minimum absolute atomic E-state index is 0.421. The van der Waals surface area contributed by atoms with Crippen molar-refractivity contribution in [2.45, 2.75) is 92.9 Å². The molecule has 5 aromatic rings. The van der Waals surface area contributed by atoms with Crippen LogP contribution in [0.25, 0.3) is 33.4 Å². The van der Waals surface area contributed by atoms with E-state index in [1.54, 1.807) is 0 Å². The molecule has 0 heterocycles. The summed E-state index contributed by atoms with van der Waals surface area (Å²) in [7, 11) is -0.755. The second-order valence-electron chi connectivity index (χ2n) is 14.3. The normalized spacial score (nSPS) is 12.5. The minimum Gasteiger partial charge on any atom is -0.0617 e. The highest BCUT2D eigenvalue weighted by atomic mass is 31.1. The van der Waals surface area contributed by atoms with Crippen molar-refractivity contribution in [3.8, 4) is 33.4 Å². The molecule has 0 fully saturated rings. The SMILES string of the molecule is Cc1cccc(C)c1-c1ccccc1P(C)c1c(-c2c(C(C)C)cccc2C(C)C)cccc1-c1c(C(C)C)cccc1C(C)C. The van der Waals surface area contributed by atoms with E-state index in [-0.39, 0.29) is 0 Å². The van der Waals surface area contributed by atoms with Crippen LogP contribution in [0.2, 0.25) is 0 Å². The van der Waals surface area contributed by atoms with E-state index >= 15 is 0 Å². The van der Waals surface area contributed by atoms with Gasteiger partial charge in [0.1, 0.15) is 0 Å². The minimum atomic E-state index is -0.755. The topological polar surface area (TPSA) is 0 Å². The van der Waals surface area contributed by atoms with E-state index < -0.39 is 7.92 Å². The Morgan fingerprint density at radius 1 is 0.391 bits per heavy atom. The smallest absolute Gasteiger partial charge is 0.00411 e. The van der Waals surface area contributed by atoms with E-state index in [1.165, 1.54) is 77.4 Å². The lowest BCUT2D eigenvalue weighted by Gasteiger charge is -2.30. The Labute approximate surface area is 281 Å². The van der Waals surface area contributed by atoms with E-state index in [2.05, 4.69) is 173 Å². The van der Waals surface area contributed by atoms with Crippen molar-refractivity contribution >= 4 is 18.5 Å². The van der Waals surface area contributed by atoms with Crippen molar-refractivity contribution < 1.29 is 0 Å². The first-order valence-electron chi connectivity index (χ1n) is 17.2.